The van der Waals surface area contributed by atoms with Crippen LogP contribution in [0.15, 0.2) is 54.7 Å². The zero-order valence-electron chi connectivity index (χ0n) is 18.5. The van der Waals surface area contributed by atoms with E-state index in [-0.39, 0.29) is 30.3 Å². The summed E-state index contributed by atoms with van der Waals surface area (Å²) in [5.41, 5.74) is 3.61. The Kier molecular flexibility index (Phi) is 6.33. The van der Waals surface area contributed by atoms with Crippen LogP contribution < -0.4 is 5.32 Å². The van der Waals surface area contributed by atoms with Crippen LogP contribution in [-0.4, -0.2) is 38.9 Å². The van der Waals surface area contributed by atoms with Crippen LogP contribution in [0, 0.1) is 12.8 Å². The molecule has 0 atom stereocenters. The van der Waals surface area contributed by atoms with Gasteiger partial charge in [-0.25, -0.2) is 4.98 Å². The smallest absolute Gasteiger partial charge is 0.246 e. The Labute approximate surface area is 193 Å². The number of aromatic nitrogens is 2. The monoisotopic (exact) mass is 450 g/mol. The highest BCUT2D eigenvalue weighted by Gasteiger charge is 2.34. The molecule has 1 aliphatic carbocycles. The number of rotatable bonds is 7. The molecule has 4 rings (SSSR count). The average molecular weight is 451 g/mol. The lowest BCUT2D eigenvalue weighted by Gasteiger charge is -2.23. The first-order valence-electron chi connectivity index (χ1n) is 10.8. The Morgan fingerprint density at radius 3 is 2.53 bits per heavy atom. The second kappa shape index (κ2) is 9.17. The standard InChI is InChI=1S/C25H27ClN4O2/c1-16(2)24(32)29(20-11-12-20)15-23(31)28-25-27-22(18-7-9-19(26)10-8-18)14-30(25)21-6-4-5-17(3)13-21/h4-10,13-14,16,20H,11-12,15H2,1-3H3,(H,27,28,31). The average Bonchev–Trinajstić information content (AvgIpc) is 3.52. The van der Waals surface area contributed by atoms with Crippen molar-refractivity contribution in [3.63, 3.8) is 0 Å². The highest BCUT2D eigenvalue weighted by atomic mass is 35.5. The number of hydrogen-bond donors (Lipinski definition) is 1. The number of halogens is 1. The van der Waals surface area contributed by atoms with Crippen molar-refractivity contribution < 1.29 is 9.59 Å². The number of nitrogens with zero attached hydrogens (tertiary/aromatic N) is 3. The molecule has 3 aromatic rings. The zero-order chi connectivity index (χ0) is 22.8. The van der Waals surface area contributed by atoms with Gasteiger partial charge in [0.15, 0.2) is 0 Å². The minimum atomic E-state index is -0.256. The molecule has 166 valence electrons. The van der Waals surface area contributed by atoms with E-state index < -0.39 is 0 Å². The van der Waals surface area contributed by atoms with E-state index in [4.69, 9.17) is 11.6 Å². The first kappa shape index (κ1) is 22.1. The third kappa shape index (κ3) is 5.02. The van der Waals surface area contributed by atoms with Gasteiger partial charge < -0.3 is 4.90 Å². The van der Waals surface area contributed by atoms with Crippen LogP contribution in [0.4, 0.5) is 5.95 Å². The molecular weight excluding hydrogens is 424 g/mol. The number of anilines is 1. The number of carbonyl (C=O) groups is 2. The lowest BCUT2D eigenvalue weighted by atomic mass is 10.2. The molecule has 0 bridgehead atoms. The Morgan fingerprint density at radius 2 is 1.91 bits per heavy atom. The van der Waals surface area contributed by atoms with E-state index in [1.807, 2.05) is 80.1 Å². The molecule has 1 fully saturated rings. The normalized spacial score (nSPS) is 13.3. The van der Waals surface area contributed by atoms with Gasteiger partial charge in [-0.3, -0.25) is 19.5 Å². The van der Waals surface area contributed by atoms with Crippen molar-refractivity contribution in [2.75, 3.05) is 11.9 Å². The molecule has 0 aliphatic heterocycles. The van der Waals surface area contributed by atoms with Crippen molar-refractivity contribution in [2.24, 2.45) is 5.92 Å². The number of hydrogen-bond acceptors (Lipinski definition) is 3. The molecule has 7 heteroatoms. The summed E-state index contributed by atoms with van der Waals surface area (Å²) < 4.78 is 1.86. The van der Waals surface area contributed by atoms with Gasteiger partial charge in [0.05, 0.1) is 5.69 Å². The van der Waals surface area contributed by atoms with Crippen molar-refractivity contribution in [3.8, 4) is 16.9 Å². The van der Waals surface area contributed by atoms with Gasteiger partial charge in [-0.1, -0.05) is 49.7 Å². The molecule has 6 nitrogen and oxygen atoms in total. The number of imidazole rings is 1. The fraction of sp³-hybridized carbons (Fsp3) is 0.320. The van der Waals surface area contributed by atoms with Crippen LogP contribution in [0.1, 0.15) is 32.3 Å². The summed E-state index contributed by atoms with van der Waals surface area (Å²) in [7, 11) is 0. The predicted molar refractivity (Wildman–Crippen MR) is 127 cm³/mol. The predicted octanol–water partition coefficient (Wildman–Crippen LogP) is 5.09. The summed E-state index contributed by atoms with van der Waals surface area (Å²) in [4.78, 5) is 31.9. The SMILES string of the molecule is Cc1cccc(-n2cc(-c3ccc(Cl)cc3)nc2NC(=O)CN(C(=O)C(C)C)C2CC2)c1. The van der Waals surface area contributed by atoms with E-state index in [1.54, 1.807) is 4.90 Å². The molecule has 1 saturated carbocycles. The Hall–Kier alpha value is -3.12. The second-order valence-electron chi connectivity index (χ2n) is 8.57. The molecule has 1 heterocycles. The third-order valence-electron chi connectivity index (χ3n) is 5.46. The number of nitrogens with one attached hydrogen (secondary N) is 1. The van der Waals surface area contributed by atoms with E-state index in [0.717, 1.165) is 35.3 Å². The Morgan fingerprint density at radius 1 is 1.19 bits per heavy atom. The molecule has 0 saturated heterocycles. The summed E-state index contributed by atoms with van der Waals surface area (Å²) in [5.74, 6) is 0.0204. The van der Waals surface area contributed by atoms with Crippen LogP contribution in [0.25, 0.3) is 16.9 Å². The Bertz CT molecular complexity index is 1130. The second-order valence-corrected chi connectivity index (χ2v) is 9.00. The van der Waals surface area contributed by atoms with Gasteiger partial charge in [-0.2, -0.15) is 0 Å². The highest BCUT2D eigenvalue weighted by molar-refractivity contribution is 6.30. The van der Waals surface area contributed by atoms with Gasteiger partial charge in [0, 0.05) is 34.4 Å². The highest BCUT2D eigenvalue weighted by Crippen LogP contribution is 2.29. The molecule has 1 aromatic heterocycles. The number of carbonyl (C=O) groups excluding carboxylic acids is 2. The first-order chi connectivity index (χ1) is 15.3. The van der Waals surface area contributed by atoms with Gasteiger partial charge in [0.25, 0.3) is 0 Å². The minimum Gasteiger partial charge on any atom is -0.330 e. The molecule has 2 amide bonds. The van der Waals surface area contributed by atoms with Crippen molar-refractivity contribution in [2.45, 2.75) is 39.7 Å². The van der Waals surface area contributed by atoms with Crippen LogP contribution in [0.3, 0.4) is 0 Å². The van der Waals surface area contributed by atoms with Gasteiger partial charge in [0.2, 0.25) is 17.8 Å². The fourth-order valence-electron chi connectivity index (χ4n) is 3.63. The maximum Gasteiger partial charge on any atom is 0.246 e. The van der Waals surface area contributed by atoms with Crippen LogP contribution in [0.5, 0.6) is 0 Å². The van der Waals surface area contributed by atoms with E-state index >= 15 is 0 Å². The number of aryl methyl sites for hydroxylation is 1. The molecule has 0 radical (unpaired) electrons. The maximum atomic E-state index is 12.9. The minimum absolute atomic E-state index is 0.00605. The fourth-order valence-corrected chi connectivity index (χ4v) is 3.75. The summed E-state index contributed by atoms with van der Waals surface area (Å²) in [6.45, 7) is 5.76. The lowest BCUT2D eigenvalue weighted by molar-refractivity contribution is -0.138. The van der Waals surface area contributed by atoms with Crippen LogP contribution in [-0.2, 0) is 9.59 Å². The molecule has 0 unspecified atom stereocenters. The zero-order valence-corrected chi connectivity index (χ0v) is 19.3. The molecular formula is C25H27ClN4O2. The quantitative estimate of drug-likeness (QED) is 0.545. The van der Waals surface area contributed by atoms with Crippen molar-refractivity contribution >= 4 is 29.4 Å². The van der Waals surface area contributed by atoms with Crippen molar-refractivity contribution in [1.82, 2.24) is 14.5 Å². The van der Waals surface area contributed by atoms with E-state index in [2.05, 4.69) is 10.3 Å². The van der Waals surface area contributed by atoms with Gasteiger partial charge in [0.1, 0.15) is 6.54 Å². The molecule has 1 N–H and O–H groups in total. The van der Waals surface area contributed by atoms with E-state index in [0.29, 0.717) is 11.0 Å². The number of amides is 2. The summed E-state index contributed by atoms with van der Waals surface area (Å²) in [6, 6.07) is 15.6. The van der Waals surface area contributed by atoms with Gasteiger partial charge in [-0.15, -0.1) is 0 Å². The third-order valence-corrected chi connectivity index (χ3v) is 5.71. The topological polar surface area (TPSA) is 67.2 Å². The van der Waals surface area contributed by atoms with E-state index in [9.17, 15) is 9.59 Å². The largest absolute Gasteiger partial charge is 0.330 e. The summed E-state index contributed by atoms with van der Waals surface area (Å²) in [6.07, 6.45) is 3.79. The van der Waals surface area contributed by atoms with Gasteiger partial charge >= 0.3 is 0 Å². The molecule has 1 aliphatic rings. The number of benzene rings is 2. The van der Waals surface area contributed by atoms with Crippen molar-refractivity contribution in [3.05, 3.63) is 65.3 Å². The van der Waals surface area contributed by atoms with Crippen molar-refractivity contribution in [1.29, 1.82) is 0 Å². The van der Waals surface area contributed by atoms with Crippen LogP contribution >= 0.6 is 11.6 Å². The maximum absolute atomic E-state index is 12.9. The molecule has 0 spiro atoms. The van der Waals surface area contributed by atoms with Gasteiger partial charge in [-0.05, 0) is 49.6 Å². The Balaban J connectivity index is 1.63. The summed E-state index contributed by atoms with van der Waals surface area (Å²) in [5, 5.41) is 3.58. The molecule has 32 heavy (non-hydrogen) atoms. The lowest BCUT2D eigenvalue weighted by Crippen LogP contribution is -2.41. The summed E-state index contributed by atoms with van der Waals surface area (Å²) >= 11 is 6.03. The van der Waals surface area contributed by atoms with E-state index in [1.165, 1.54) is 0 Å². The molecule has 2 aromatic carbocycles. The first-order valence-corrected chi connectivity index (χ1v) is 11.2. The van der Waals surface area contributed by atoms with Crippen LogP contribution in [0.2, 0.25) is 5.02 Å².